The van der Waals surface area contributed by atoms with E-state index in [2.05, 4.69) is 10.3 Å². The Morgan fingerprint density at radius 1 is 1.43 bits per heavy atom. The Hall–Kier alpha value is -2.74. The number of nitrogens with one attached hydrogen (secondary N) is 2. The van der Waals surface area contributed by atoms with Crippen molar-refractivity contribution < 1.29 is 9.72 Å². The second kappa shape index (κ2) is 7.01. The number of pyridine rings is 1. The molecular formula is C15H15N3O4S. The zero-order chi connectivity index (χ0) is 17.0. The predicted octanol–water partition coefficient (Wildman–Crippen LogP) is 2.29. The largest absolute Gasteiger partial charge is 0.348 e. The maximum Gasteiger partial charge on any atom is 0.324 e. The van der Waals surface area contributed by atoms with E-state index in [-0.39, 0.29) is 23.0 Å². The number of aromatic nitrogens is 1. The molecule has 8 heteroatoms. The Morgan fingerprint density at radius 2 is 2.17 bits per heavy atom. The summed E-state index contributed by atoms with van der Waals surface area (Å²) in [5, 5.41) is 13.2. The summed E-state index contributed by atoms with van der Waals surface area (Å²) in [7, 11) is 0. The molecule has 7 nitrogen and oxygen atoms in total. The molecule has 23 heavy (non-hydrogen) atoms. The molecule has 0 fully saturated rings. The summed E-state index contributed by atoms with van der Waals surface area (Å²) in [5.41, 5.74) is 1.86. The summed E-state index contributed by atoms with van der Waals surface area (Å²) in [5.74, 6) is -0.375. The third-order valence-electron chi connectivity index (χ3n) is 3.12. The van der Waals surface area contributed by atoms with E-state index in [1.54, 1.807) is 13.0 Å². The fourth-order valence-corrected chi connectivity index (χ4v) is 2.75. The third kappa shape index (κ3) is 4.36. The zero-order valence-corrected chi connectivity index (χ0v) is 13.4. The van der Waals surface area contributed by atoms with Crippen LogP contribution in [0.5, 0.6) is 0 Å². The number of nitro groups is 1. The number of hydrogen-bond donors (Lipinski definition) is 2. The Labute approximate surface area is 135 Å². The highest BCUT2D eigenvalue weighted by atomic mass is 32.1. The normalized spacial score (nSPS) is 10.9. The first-order valence-electron chi connectivity index (χ1n) is 6.76. The molecule has 0 spiro atoms. The SMILES string of the molecule is Cc1cc(C)c(CNC(=O)/C=C/c2ccc([N+](=O)[O-])s2)c(=O)[nH]1. The number of carbonyl (C=O) groups excluding carboxylic acids is 1. The minimum Gasteiger partial charge on any atom is -0.348 e. The number of H-pyrrole nitrogens is 1. The van der Waals surface area contributed by atoms with Crippen molar-refractivity contribution >= 4 is 28.3 Å². The Balaban J connectivity index is 1.99. The Morgan fingerprint density at radius 3 is 2.78 bits per heavy atom. The lowest BCUT2D eigenvalue weighted by molar-refractivity contribution is -0.380. The molecule has 2 heterocycles. The first-order chi connectivity index (χ1) is 10.9. The van der Waals surface area contributed by atoms with Crippen LogP contribution in [0.15, 0.2) is 29.1 Å². The fourth-order valence-electron chi connectivity index (χ4n) is 2.02. The van der Waals surface area contributed by atoms with Crippen LogP contribution >= 0.6 is 11.3 Å². The van der Waals surface area contributed by atoms with Gasteiger partial charge in [0.05, 0.1) is 4.92 Å². The average molecular weight is 333 g/mol. The molecule has 0 unspecified atom stereocenters. The van der Waals surface area contributed by atoms with Crippen LogP contribution < -0.4 is 10.9 Å². The minimum atomic E-state index is -0.478. The predicted molar refractivity (Wildman–Crippen MR) is 88.4 cm³/mol. The summed E-state index contributed by atoms with van der Waals surface area (Å²) in [6.07, 6.45) is 2.78. The maximum atomic E-state index is 11.8. The first kappa shape index (κ1) is 16.6. The standard InChI is InChI=1S/C15H15N3O4S/c1-9-7-10(2)17-15(20)12(9)8-16-13(19)5-3-11-4-6-14(23-11)18(21)22/h3-7H,8H2,1-2H3,(H,16,19)(H,17,20)/b5-3+. The van der Waals surface area contributed by atoms with E-state index in [1.165, 1.54) is 18.2 Å². The monoisotopic (exact) mass is 333 g/mol. The number of amides is 1. The number of rotatable bonds is 5. The smallest absolute Gasteiger partial charge is 0.324 e. The third-order valence-corrected chi connectivity index (χ3v) is 4.13. The second-order valence-corrected chi connectivity index (χ2v) is 6.02. The van der Waals surface area contributed by atoms with Crippen LogP contribution in [0.3, 0.4) is 0 Å². The molecule has 2 rings (SSSR count). The van der Waals surface area contributed by atoms with Crippen molar-refractivity contribution in [3.05, 3.63) is 66.4 Å². The fraction of sp³-hybridized carbons (Fsp3) is 0.200. The summed E-state index contributed by atoms with van der Waals surface area (Å²) in [6.45, 7) is 3.72. The van der Waals surface area contributed by atoms with Crippen molar-refractivity contribution in [1.82, 2.24) is 10.3 Å². The molecule has 0 aliphatic heterocycles. The molecule has 0 saturated heterocycles. The van der Waals surface area contributed by atoms with Crippen molar-refractivity contribution in [3.63, 3.8) is 0 Å². The van der Waals surface area contributed by atoms with Crippen LogP contribution in [-0.4, -0.2) is 15.8 Å². The van der Waals surface area contributed by atoms with Gasteiger partial charge in [-0.05, 0) is 37.6 Å². The summed E-state index contributed by atoms with van der Waals surface area (Å²) in [6, 6.07) is 4.79. The molecule has 120 valence electrons. The van der Waals surface area contributed by atoms with Gasteiger partial charge in [0.15, 0.2) is 0 Å². The number of nitrogens with zero attached hydrogens (tertiary/aromatic N) is 1. The molecule has 1 amide bonds. The molecule has 0 bridgehead atoms. The van der Waals surface area contributed by atoms with Crippen LogP contribution in [0.2, 0.25) is 0 Å². The highest BCUT2D eigenvalue weighted by Gasteiger charge is 2.09. The average Bonchev–Trinajstić information content (AvgIpc) is 2.93. The van der Waals surface area contributed by atoms with Gasteiger partial charge >= 0.3 is 5.00 Å². The van der Waals surface area contributed by atoms with Crippen molar-refractivity contribution in [1.29, 1.82) is 0 Å². The number of carbonyl (C=O) groups is 1. The molecule has 2 aromatic heterocycles. The number of aryl methyl sites for hydroxylation is 2. The van der Waals surface area contributed by atoms with Crippen molar-refractivity contribution in [2.75, 3.05) is 0 Å². The van der Waals surface area contributed by atoms with Crippen LogP contribution in [0.4, 0.5) is 5.00 Å². The van der Waals surface area contributed by atoms with E-state index in [9.17, 15) is 19.7 Å². The van der Waals surface area contributed by atoms with Gasteiger partial charge in [0.2, 0.25) is 5.91 Å². The van der Waals surface area contributed by atoms with Crippen molar-refractivity contribution in [3.8, 4) is 0 Å². The molecular weight excluding hydrogens is 318 g/mol. The van der Waals surface area contributed by atoms with E-state index < -0.39 is 4.92 Å². The lowest BCUT2D eigenvalue weighted by atomic mass is 10.1. The molecule has 2 N–H and O–H groups in total. The van der Waals surface area contributed by atoms with Gasteiger partial charge in [-0.25, -0.2) is 0 Å². The topological polar surface area (TPSA) is 105 Å². The lowest BCUT2D eigenvalue weighted by Gasteiger charge is -2.06. The van der Waals surface area contributed by atoms with Crippen LogP contribution in [-0.2, 0) is 11.3 Å². The lowest BCUT2D eigenvalue weighted by Crippen LogP contribution is -2.26. The van der Waals surface area contributed by atoms with Gasteiger partial charge in [-0.15, -0.1) is 0 Å². The highest BCUT2D eigenvalue weighted by Crippen LogP contribution is 2.24. The molecule has 0 aromatic carbocycles. The quantitative estimate of drug-likeness (QED) is 0.497. The number of aromatic amines is 1. The van der Waals surface area contributed by atoms with Crippen LogP contribution in [0.1, 0.15) is 21.7 Å². The summed E-state index contributed by atoms with van der Waals surface area (Å²) < 4.78 is 0. The van der Waals surface area contributed by atoms with Crippen LogP contribution in [0, 0.1) is 24.0 Å². The van der Waals surface area contributed by atoms with Gasteiger partial charge in [0, 0.05) is 34.8 Å². The molecule has 0 aliphatic carbocycles. The van der Waals surface area contributed by atoms with Gasteiger partial charge in [-0.2, -0.15) is 0 Å². The molecule has 0 radical (unpaired) electrons. The van der Waals surface area contributed by atoms with Gasteiger partial charge in [-0.3, -0.25) is 19.7 Å². The zero-order valence-electron chi connectivity index (χ0n) is 12.6. The first-order valence-corrected chi connectivity index (χ1v) is 7.58. The van der Waals surface area contributed by atoms with Crippen LogP contribution in [0.25, 0.3) is 6.08 Å². The van der Waals surface area contributed by atoms with Gasteiger partial charge < -0.3 is 10.3 Å². The molecule has 0 aliphatic rings. The summed E-state index contributed by atoms with van der Waals surface area (Å²) >= 11 is 0.983. The molecule has 0 atom stereocenters. The van der Waals surface area contributed by atoms with E-state index in [0.717, 1.165) is 22.6 Å². The minimum absolute atomic E-state index is 0.0203. The number of thiophene rings is 1. The van der Waals surface area contributed by atoms with E-state index in [1.807, 2.05) is 13.0 Å². The second-order valence-electron chi connectivity index (χ2n) is 4.93. The van der Waals surface area contributed by atoms with E-state index >= 15 is 0 Å². The molecule has 2 aromatic rings. The van der Waals surface area contributed by atoms with Gasteiger partial charge in [0.1, 0.15) is 0 Å². The van der Waals surface area contributed by atoms with Gasteiger partial charge in [0.25, 0.3) is 5.56 Å². The van der Waals surface area contributed by atoms with E-state index in [4.69, 9.17) is 0 Å². The number of hydrogen-bond acceptors (Lipinski definition) is 5. The van der Waals surface area contributed by atoms with E-state index in [0.29, 0.717) is 10.4 Å². The highest BCUT2D eigenvalue weighted by molar-refractivity contribution is 7.16. The maximum absolute atomic E-state index is 11.8. The van der Waals surface area contributed by atoms with Crippen molar-refractivity contribution in [2.45, 2.75) is 20.4 Å². The van der Waals surface area contributed by atoms with Gasteiger partial charge in [-0.1, -0.05) is 11.3 Å². The Kier molecular flexibility index (Phi) is 5.07. The van der Waals surface area contributed by atoms with Crippen molar-refractivity contribution in [2.24, 2.45) is 0 Å². The Bertz CT molecular complexity index is 835. The molecule has 0 saturated carbocycles. The summed E-state index contributed by atoms with van der Waals surface area (Å²) in [4.78, 5) is 37.0.